The summed E-state index contributed by atoms with van der Waals surface area (Å²) in [5, 5.41) is 4.29. The third-order valence-electron chi connectivity index (χ3n) is 6.45. The van der Waals surface area contributed by atoms with Gasteiger partial charge in [-0.05, 0) is 50.9 Å². The van der Waals surface area contributed by atoms with Crippen LogP contribution in [0.4, 0.5) is 0 Å². The Labute approximate surface area is 157 Å². The Kier molecular flexibility index (Phi) is 5.44. The highest BCUT2D eigenvalue weighted by Gasteiger charge is 2.39. The van der Waals surface area contributed by atoms with Gasteiger partial charge in [-0.25, -0.2) is 0 Å². The van der Waals surface area contributed by atoms with Gasteiger partial charge in [0.2, 0.25) is 5.91 Å². The molecule has 0 N–H and O–H groups in total. The molecular formula is C21H32N4O. The zero-order chi connectivity index (χ0) is 17.9. The normalized spacial score (nSPS) is 27.3. The average Bonchev–Trinajstić information content (AvgIpc) is 3.06. The van der Waals surface area contributed by atoms with E-state index in [9.17, 15) is 4.79 Å². The van der Waals surface area contributed by atoms with Gasteiger partial charge < -0.3 is 4.90 Å². The van der Waals surface area contributed by atoms with Crippen LogP contribution in [0.5, 0.6) is 0 Å². The number of fused-ring (bicyclic) bond motifs is 1. The Morgan fingerprint density at radius 2 is 2.15 bits per heavy atom. The minimum absolute atomic E-state index is 0.392. The van der Waals surface area contributed by atoms with Gasteiger partial charge in [0.15, 0.2) is 0 Å². The molecule has 0 saturated carbocycles. The van der Waals surface area contributed by atoms with Crippen molar-refractivity contribution in [2.75, 3.05) is 19.6 Å². The monoisotopic (exact) mass is 356 g/mol. The second-order valence-corrected chi connectivity index (χ2v) is 8.36. The molecule has 142 valence electrons. The van der Waals surface area contributed by atoms with Crippen molar-refractivity contribution in [3.05, 3.63) is 29.6 Å². The molecule has 3 heterocycles. The first-order chi connectivity index (χ1) is 12.7. The van der Waals surface area contributed by atoms with Crippen LogP contribution in [0.3, 0.4) is 0 Å². The molecule has 5 heteroatoms. The predicted molar refractivity (Wildman–Crippen MR) is 102 cm³/mol. The highest BCUT2D eigenvalue weighted by molar-refractivity contribution is 5.77. The van der Waals surface area contributed by atoms with E-state index in [1.165, 1.54) is 31.2 Å². The number of nitrogens with zero attached hydrogens (tertiary/aromatic N) is 4. The lowest BCUT2D eigenvalue weighted by atomic mass is 9.83. The molecule has 1 aliphatic carbocycles. The molecule has 1 aromatic rings. The van der Waals surface area contributed by atoms with E-state index >= 15 is 0 Å². The standard InChI is InChI=1S/C21H32N4O/c1-23-14-18(13-22-23)15-24-11-10-20-19(16-24)7-8-21(26)25(20)12-9-17-5-3-2-4-6-17/h5,13-14,19-20H,2-4,6-12,15-16H2,1H3/t19-,20+/m0/s1. The van der Waals surface area contributed by atoms with Crippen LogP contribution >= 0.6 is 0 Å². The van der Waals surface area contributed by atoms with Crippen LogP contribution in [0.1, 0.15) is 56.9 Å². The van der Waals surface area contributed by atoms with Crippen LogP contribution in [0, 0.1) is 5.92 Å². The smallest absolute Gasteiger partial charge is 0.222 e. The SMILES string of the molecule is Cn1cc(CN2CC[C@@H]3[C@@H](CCC(=O)N3CCC3=CCCCC3)C2)cn1. The minimum Gasteiger partial charge on any atom is -0.339 e. The van der Waals surface area contributed by atoms with Crippen LogP contribution in [0.15, 0.2) is 24.0 Å². The van der Waals surface area contributed by atoms with Gasteiger partial charge in [0.25, 0.3) is 0 Å². The second kappa shape index (κ2) is 7.95. The molecule has 5 nitrogen and oxygen atoms in total. The first-order valence-electron chi connectivity index (χ1n) is 10.4. The summed E-state index contributed by atoms with van der Waals surface area (Å²) in [6.45, 7) is 4.13. The molecule has 0 spiro atoms. The summed E-state index contributed by atoms with van der Waals surface area (Å²) in [7, 11) is 1.97. The van der Waals surface area contributed by atoms with Crippen molar-refractivity contribution in [3.8, 4) is 0 Å². The quantitative estimate of drug-likeness (QED) is 0.761. The molecule has 0 bridgehead atoms. The largest absolute Gasteiger partial charge is 0.339 e. The number of hydrogen-bond acceptors (Lipinski definition) is 3. The van der Waals surface area contributed by atoms with E-state index in [1.54, 1.807) is 5.57 Å². The van der Waals surface area contributed by atoms with E-state index in [2.05, 4.69) is 27.2 Å². The topological polar surface area (TPSA) is 41.4 Å². The molecular weight excluding hydrogens is 324 g/mol. The molecule has 0 aromatic carbocycles. The van der Waals surface area contributed by atoms with Gasteiger partial charge in [0.05, 0.1) is 6.20 Å². The van der Waals surface area contributed by atoms with Crippen molar-refractivity contribution < 1.29 is 4.79 Å². The summed E-state index contributed by atoms with van der Waals surface area (Å²) in [5.41, 5.74) is 2.87. The fraction of sp³-hybridized carbons (Fsp3) is 0.714. The molecule has 2 aliphatic heterocycles. The van der Waals surface area contributed by atoms with Crippen LogP contribution in [0.2, 0.25) is 0 Å². The Hall–Kier alpha value is -1.62. The van der Waals surface area contributed by atoms with Gasteiger partial charge in [-0.1, -0.05) is 11.6 Å². The summed E-state index contributed by atoms with van der Waals surface area (Å²) in [4.78, 5) is 17.4. The van der Waals surface area contributed by atoms with E-state index in [4.69, 9.17) is 0 Å². The maximum absolute atomic E-state index is 12.6. The molecule has 3 aliphatic rings. The van der Waals surface area contributed by atoms with E-state index in [-0.39, 0.29) is 0 Å². The third kappa shape index (κ3) is 4.03. The van der Waals surface area contributed by atoms with E-state index in [0.717, 1.165) is 51.9 Å². The van der Waals surface area contributed by atoms with E-state index in [0.29, 0.717) is 17.9 Å². The molecule has 4 rings (SSSR count). The third-order valence-corrected chi connectivity index (χ3v) is 6.45. The number of rotatable bonds is 5. The fourth-order valence-electron chi connectivity index (χ4n) is 5.07. The molecule has 2 fully saturated rings. The van der Waals surface area contributed by atoms with Crippen molar-refractivity contribution in [2.24, 2.45) is 13.0 Å². The summed E-state index contributed by atoms with van der Waals surface area (Å²) in [6, 6.07) is 0.464. The predicted octanol–water partition coefficient (Wildman–Crippen LogP) is 3.12. The molecule has 26 heavy (non-hydrogen) atoms. The number of allylic oxidation sites excluding steroid dienone is 1. The lowest BCUT2D eigenvalue weighted by molar-refractivity contribution is -0.141. The number of aromatic nitrogens is 2. The van der Waals surface area contributed by atoms with Crippen molar-refractivity contribution >= 4 is 5.91 Å². The molecule has 2 atom stereocenters. The fourth-order valence-corrected chi connectivity index (χ4v) is 5.07. The first kappa shape index (κ1) is 17.8. The summed E-state index contributed by atoms with van der Waals surface area (Å²) >= 11 is 0. The van der Waals surface area contributed by atoms with E-state index < -0.39 is 0 Å². The Balaban J connectivity index is 1.34. The second-order valence-electron chi connectivity index (χ2n) is 8.36. The van der Waals surface area contributed by atoms with Gasteiger partial charge in [0, 0.05) is 57.4 Å². The van der Waals surface area contributed by atoms with Gasteiger partial charge in [-0.2, -0.15) is 5.10 Å². The summed E-state index contributed by atoms with van der Waals surface area (Å²) in [6.07, 6.45) is 15.7. The Morgan fingerprint density at radius 1 is 1.23 bits per heavy atom. The van der Waals surface area contributed by atoms with E-state index in [1.807, 2.05) is 17.9 Å². The Morgan fingerprint density at radius 3 is 2.92 bits per heavy atom. The van der Waals surface area contributed by atoms with Gasteiger partial charge in [-0.15, -0.1) is 0 Å². The summed E-state index contributed by atoms with van der Waals surface area (Å²) < 4.78 is 1.88. The van der Waals surface area contributed by atoms with Gasteiger partial charge >= 0.3 is 0 Å². The molecule has 2 saturated heterocycles. The van der Waals surface area contributed by atoms with Crippen LogP contribution < -0.4 is 0 Å². The lowest BCUT2D eigenvalue weighted by Gasteiger charge is -2.47. The Bertz CT molecular complexity index is 665. The summed E-state index contributed by atoms with van der Waals surface area (Å²) in [5.74, 6) is 1.03. The van der Waals surface area contributed by atoms with Crippen LogP contribution in [-0.2, 0) is 18.4 Å². The average molecular weight is 357 g/mol. The number of hydrogen-bond donors (Lipinski definition) is 0. The number of likely N-dealkylation sites (tertiary alicyclic amines) is 2. The zero-order valence-corrected chi connectivity index (χ0v) is 16.1. The molecule has 0 radical (unpaired) electrons. The highest BCUT2D eigenvalue weighted by Crippen LogP contribution is 2.32. The van der Waals surface area contributed by atoms with Crippen LogP contribution in [-0.4, -0.2) is 51.2 Å². The zero-order valence-electron chi connectivity index (χ0n) is 16.1. The lowest BCUT2D eigenvalue weighted by Crippen LogP contribution is -2.56. The van der Waals surface area contributed by atoms with Crippen molar-refractivity contribution in [3.63, 3.8) is 0 Å². The number of piperidine rings is 2. The minimum atomic E-state index is 0.392. The molecule has 1 aromatic heterocycles. The number of carbonyl (C=O) groups is 1. The van der Waals surface area contributed by atoms with Crippen LogP contribution in [0.25, 0.3) is 0 Å². The number of amides is 1. The van der Waals surface area contributed by atoms with Crippen molar-refractivity contribution in [1.82, 2.24) is 19.6 Å². The number of carbonyl (C=O) groups excluding carboxylic acids is 1. The van der Waals surface area contributed by atoms with Crippen molar-refractivity contribution in [1.29, 1.82) is 0 Å². The number of aryl methyl sites for hydroxylation is 1. The highest BCUT2D eigenvalue weighted by atomic mass is 16.2. The molecule has 0 unspecified atom stereocenters. The maximum Gasteiger partial charge on any atom is 0.222 e. The van der Waals surface area contributed by atoms with Gasteiger partial charge in [0.1, 0.15) is 0 Å². The molecule has 1 amide bonds. The van der Waals surface area contributed by atoms with Gasteiger partial charge in [-0.3, -0.25) is 14.4 Å². The first-order valence-corrected chi connectivity index (χ1v) is 10.4. The maximum atomic E-state index is 12.6. The van der Waals surface area contributed by atoms with Crippen molar-refractivity contribution in [2.45, 2.75) is 64.0 Å².